The quantitative estimate of drug-likeness (QED) is 0.898. The van der Waals surface area contributed by atoms with Gasteiger partial charge in [0, 0.05) is 23.4 Å². The molecule has 1 unspecified atom stereocenters. The minimum atomic E-state index is 0.228. The molecule has 0 fully saturated rings. The minimum absolute atomic E-state index is 0.228. The number of thiazole rings is 1. The van der Waals surface area contributed by atoms with Crippen LogP contribution >= 0.6 is 11.3 Å². The van der Waals surface area contributed by atoms with Crippen molar-refractivity contribution in [2.75, 3.05) is 0 Å². The average molecular weight is 246 g/mol. The molecule has 0 saturated heterocycles. The second-order valence-corrected chi connectivity index (χ2v) is 5.31. The SMILES string of the molecule is CCC(N)Cc1nc(-c2cccc(C)c2)cs1. The first-order valence-electron chi connectivity index (χ1n) is 5.96. The van der Waals surface area contributed by atoms with Crippen LogP contribution in [0.15, 0.2) is 29.6 Å². The Balaban J connectivity index is 2.18. The summed E-state index contributed by atoms with van der Waals surface area (Å²) >= 11 is 1.70. The van der Waals surface area contributed by atoms with Gasteiger partial charge in [-0.1, -0.05) is 30.7 Å². The van der Waals surface area contributed by atoms with Gasteiger partial charge in [-0.15, -0.1) is 11.3 Å². The first-order chi connectivity index (χ1) is 8.19. The molecule has 90 valence electrons. The maximum Gasteiger partial charge on any atom is 0.0948 e. The monoisotopic (exact) mass is 246 g/mol. The number of aryl methyl sites for hydroxylation is 1. The van der Waals surface area contributed by atoms with Crippen LogP contribution in [0.1, 0.15) is 23.9 Å². The number of aromatic nitrogens is 1. The Labute approximate surface area is 107 Å². The Kier molecular flexibility index (Phi) is 3.92. The van der Waals surface area contributed by atoms with Crippen LogP contribution in [0, 0.1) is 6.92 Å². The van der Waals surface area contributed by atoms with E-state index in [0.29, 0.717) is 0 Å². The highest BCUT2D eigenvalue weighted by Gasteiger charge is 2.07. The maximum absolute atomic E-state index is 5.94. The van der Waals surface area contributed by atoms with Crippen LogP contribution in [0.4, 0.5) is 0 Å². The lowest BCUT2D eigenvalue weighted by Gasteiger charge is -2.04. The van der Waals surface area contributed by atoms with Gasteiger partial charge in [0.05, 0.1) is 10.7 Å². The van der Waals surface area contributed by atoms with E-state index in [1.54, 1.807) is 11.3 Å². The number of nitrogens with two attached hydrogens (primary N) is 1. The predicted molar refractivity (Wildman–Crippen MR) is 74.3 cm³/mol. The number of hydrogen-bond acceptors (Lipinski definition) is 3. The fourth-order valence-electron chi connectivity index (χ4n) is 1.71. The van der Waals surface area contributed by atoms with Crippen LogP contribution in [-0.2, 0) is 6.42 Å². The Bertz CT molecular complexity index is 490. The van der Waals surface area contributed by atoms with E-state index in [2.05, 4.69) is 48.5 Å². The molecule has 0 aliphatic rings. The number of benzene rings is 1. The highest BCUT2D eigenvalue weighted by Crippen LogP contribution is 2.23. The lowest BCUT2D eigenvalue weighted by Crippen LogP contribution is -2.21. The van der Waals surface area contributed by atoms with Crippen LogP contribution in [0.2, 0.25) is 0 Å². The molecule has 0 radical (unpaired) electrons. The van der Waals surface area contributed by atoms with E-state index in [4.69, 9.17) is 5.73 Å². The smallest absolute Gasteiger partial charge is 0.0948 e. The van der Waals surface area contributed by atoms with Gasteiger partial charge in [-0.05, 0) is 19.4 Å². The molecular formula is C14H18N2S. The second kappa shape index (κ2) is 5.43. The van der Waals surface area contributed by atoms with Gasteiger partial charge in [0.25, 0.3) is 0 Å². The van der Waals surface area contributed by atoms with Gasteiger partial charge in [-0.2, -0.15) is 0 Å². The second-order valence-electron chi connectivity index (χ2n) is 4.37. The van der Waals surface area contributed by atoms with Gasteiger partial charge in [0.2, 0.25) is 0 Å². The summed E-state index contributed by atoms with van der Waals surface area (Å²) < 4.78 is 0. The van der Waals surface area contributed by atoms with Crippen LogP contribution in [-0.4, -0.2) is 11.0 Å². The van der Waals surface area contributed by atoms with Gasteiger partial charge >= 0.3 is 0 Å². The summed E-state index contributed by atoms with van der Waals surface area (Å²) in [5.74, 6) is 0. The summed E-state index contributed by atoms with van der Waals surface area (Å²) in [6.07, 6.45) is 1.88. The van der Waals surface area contributed by atoms with E-state index in [1.165, 1.54) is 11.1 Å². The molecular weight excluding hydrogens is 228 g/mol. The maximum atomic E-state index is 5.94. The third kappa shape index (κ3) is 3.14. The number of nitrogens with zero attached hydrogens (tertiary/aromatic N) is 1. The van der Waals surface area contributed by atoms with E-state index >= 15 is 0 Å². The van der Waals surface area contributed by atoms with E-state index in [9.17, 15) is 0 Å². The normalized spacial score (nSPS) is 12.6. The summed E-state index contributed by atoms with van der Waals surface area (Å²) in [7, 11) is 0. The van der Waals surface area contributed by atoms with Crippen molar-refractivity contribution in [3.8, 4) is 11.3 Å². The fraction of sp³-hybridized carbons (Fsp3) is 0.357. The molecule has 2 aromatic rings. The van der Waals surface area contributed by atoms with Crippen molar-refractivity contribution in [3.05, 3.63) is 40.2 Å². The van der Waals surface area contributed by atoms with Gasteiger partial charge < -0.3 is 5.73 Å². The average Bonchev–Trinajstić information content (AvgIpc) is 2.77. The van der Waals surface area contributed by atoms with Crippen molar-refractivity contribution >= 4 is 11.3 Å². The minimum Gasteiger partial charge on any atom is -0.327 e. The first kappa shape index (κ1) is 12.3. The Morgan fingerprint density at radius 3 is 2.94 bits per heavy atom. The fourth-order valence-corrected chi connectivity index (χ4v) is 2.61. The summed E-state index contributed by atoms with van der Waals surface area (Å²) in [5, 5.41) is 3.25. The molecule has 0 saturated carbocycles. The standard InChI is InChI=1S/C14H18N2S/c1-3-12(15)8-14-16-13(9-17-14)11-6-4-5-10(2)7-11/h4-7,9,12H,3,8,15H2,1-2H3. The molecule has 0 bridgehead atoms. The molecule has 2 nitrogen and oxygen atoms in total. The van der Waals surface area contributed by atoms with Gasteiger partial charge in [-0.3, -0.25) is 0 Å². The summed E-state index contributed by atoms with van der Waals surface area (Å²) in [4.78, 5) is 4.65. The molecule has 3 heteroatoms. The Morgan fingerprint density at radius 2 is 2.24 bits per heavy atom. The number of hydrogen-bond donors (Lipinski definition) is 1. The molecule has 1 atom stereocenters. The molecule has 0 amide bonds. The lowest BCUT2D eigenvalue weighted by atomic mass is 10.1. The molecule has 2 rings (SSSR count). The van der Waals surface area contributed by atoms with E-state index in [0.717, 1.165) is 23.5 Å². The molecule has 1 aromatic heterocycles. The Morgan fingerprint density at radius 1 is 1.41 bits per heavy atom. The van der Waals surface area contributed by atoms with Gasteiger partial charge in [0.1, 0.15) is 0 Å². The van der Waals surface area contributed by atoms with Crippen molar-refractivity contribution in [2.45, 2.75) is 32.7 Å². The van der Waals surface area contributed by atoms with Gasteiger partial charge in [0.15, 0.2) is 0 Å². The zero-order valence-corrected chi connectivity index (χ0v) is 11.1. The van der Waals surface area contributed by atoms with Crippen molar-refractivity contribution in [2.24, 2.45) is 5.73 Å². The third-order valence-electron chi connectivity index (χ3n) is 2.83. The van der Waals surface area contributed by atoms with Crippen LogP contribution in [0.3, 0.4) is 0 Å². The Hall–Kier alpha value is -1.19. The molecule has 0 spiro atoms. The highest BCUT2D eigenvalue weighted by molar-refractivity contribution is 7.09. The van der Waals surface area contributed by atoms with Crippen molar-refractivity contribution in [1.29, 1.82) is 0 Å². The summed E-state index contributed by atoms with van der Waals surface area (Å²) in [5.41, 5.74) is 9.47. The highest BCUT2D eigenvalue weighted by atomic mass is 32.1. The van der Waals surface area contributed by atoms with E-state index in [-0.39, 0.29) is 6.04 Å². The van der Waals surface area contributed by atoms with E-state index < -0.39 is 0 Å². The van der Waals surface area contributed by atoms with Crippen LogP contribution < -0.4 is 5.73 Å². The van der Waals surface area contributed by atoms with E-state index in [1.807, 2.05) is 0 Å². The van der Waals surface area contributed by atoms with Crippen molar-refractivity contribution in [3.63, 3.8) is 0 Å². The molecule has 17 heavy (non-hydrogen) atoms. The molecule has 1 aromatic carbocycles. The summed E-state index contributed by atoms with van der Waals surface area (Å²) in [6.45, 7) is 4.21. The topological polar surface area (TPSA) is 38.9 Å². The van der Waals surface area contributed by atoms with Crippen molar-refractivity contribution in [1.82, 2.24) is 4.98 Å². The van der Waals surface area contributed by atoms with Crippen LogP contribution in [0.25, 0.3) is 11.3 Å². The zero-order valence-electron chi connectivity index (χ0n) is 10.3. The molecule has 2 N–H and O–H groups in total. The third-order valence-corrected chi connectivity index (χ3v) is 3.70. The lowest BCUT2D eigenvalue weighted by molar-refractivity contribution is 0.644. The first-order valence-corrected chi connectivity index (χ1v) is 6.84. The molecule has 1 heterocycles. The molecule has 0 aliphatic carbocycles. The summed E-state index contributed by atoms with van der Waals surface area (Å²) in [6, 6.07) is 8.67. The number of rotatable bonds is 4. The molecule has 0 aliphatic heterocycles. The van der Waals surface area contributed by atoms with Crippen LogP contribution in [0.5, 0.6) is 0 Å². The van der Waals surface area contributed by atoms with Crippen molar-refractivity contribution < 1.29 is 0 Å². The zero-order chi connectivity index (χ0) is 12.3. The predicted octanol–water partition coefficient (Wildman–Crippen LogP) is 3.40. The largest absolute Gasteiger partial charge is 0.327 e. The van der Waals surface area contributed by atoms with Gasteiger partial charge in [-0.25, -0.2) is 4.98 Å².